The van der Waals surface area contributed by atoms with Crippen LogP contribution < -0.4 is 5.32 Å². The van der Waals surface area contributed by atoms with Crippen molar-refractivity contribution in [3.8, 4) is 17.5 Å². The van der Waals surface area contributed by atoms with E-state index in [1.165, 1.54) is 0 Å². The summed E-state index contributed by atoms with van der Waals surface area (Å²) in [5, 5.41) is 15.5. The summed E-state index contributed by atoms with van der Waals surface area (Å²) < 4.78 is 5.09. The van der Waals surface area contributed by atoms with Crippen LogP contribution in [0, 0.1) is 11.3 Å². The van der Waals surface area contributed by atoms with Crippen molar-refractivity contribution in [2.24, 2.45) is 0 Å². The Kier molecular flexibility index (Phi) is 2.94. The van der Waals surface area contributed by atoms with Crippen LogP contribution in [0.2, 0.25) is 0 Å². The fourth-order valence-corrected chi connectivity index (χ4v) is 1.32. The molecule has 5 heteroatoms. The molecule has 0 unspecified atom stereocenters. The zero-order chi connectivity index (χ0) is 11.4. The minimum absolute atomic E-state index is 0.433. The van der Waals surface area contributed by atoms with Crippen molar-refractivity contribution in [1.29, 1.82) is 5.26 Å². The van der Waals surface area contributed by atoms with Gasteiger partial charge in [0.15, 0.2) is 5.82 Å². The Labute approximate surface area is 92.7 Å². The molecule has 2 aromatic rings. The second-order valence-corrected chi connectivity index (χ2v) is 3.24. The van der Waals surface area contributed by atoms with Gasteiger partial charge in [0.2, 0.25) is 0 Å². The molecule has 80 valence electrons. The van der Waals surface area contributed by atoms with Gasteiger partial charge in [-0.2, -0.15) is 10.2 Å². The fourth-order valence-electron chi connectivity index (χ4n) is 1.32. The maximum absolute atomic E-state index is 8.77. The first-order chi connectivity index (χ1) is 7.83. The highest BCUT2D eigenvalue weighted by atomic mass is 16.5. The van der Waals surface area contributed by atoms with Gasteiger partial charge in [0.25, 0.3) is 5.89 Å². The van der Waals surface area contributed by atoms with Crippen LogP contribution in [0.25, 0.3) is 11.5 Å². The van der Waals surface area contributed by atoms with Crippen LogP contribution in [0.15, 0.2) is 28.8 Å². The molecule has 2 rings (SSSR count). The van der Waals surface area contributed by atoms with E-state index < -0.39 is 0 Å². The highest BCUT2D eigenvalue weighted by molar-refractivity contribution is 5.55. The molecule has 0 aliphatic carbocycles. The smallest absolute Gasteiger partial charge is 0.258 e. The molecule has 1 heterocycles. The highest BCUT2D eigenvalue weighted by Gasteiger charge is 2.08. The SMILES string of the molecule is CNCc1noc(-c2cccc(C#N)c2)n1. The van der Waals surface area contributed by atoms with Crippen LogP contribution in [0.4, 0.5) is 0 Å². The molecule has 0 aliphatic heterocycles. The number of rotatable bonds is 3. The molecule has 0 saturated heterocycles. The molecule has 16 heavy (non-hydrogen) atoms. The lowest BCUT2D eigenvalue weighted by molar-refractivity contribution is 0.420. The van der Waals surface area contributed by atoms with Crippen molar-refractivity contribution < 1.29 is 4.52 Å². The number of nitrogens with one attached hydrogen (secondary N) is 1. The van der Waals surface area contributed by atoms with Crippen LogP contribution in [0.5, 0.6) is 0 Å². The zero-order valence-electron chi connectivity index (χ0n) is 8.77. The van der Waals surface area contributed by atoms with Gasteiger partial charge >= 0.3 is 0 Å². The lowest BCUT2D eigenvalue weighted by Crippen LogP contribution is -2.06. The number of hydrogen-bond donors (Lipinski definition) is 1. The molecular weight excluding hydrogens is 204 g/mol. The quantitative estimate of drug-likeness (QED) is 0.834. The van der Waals surface area contributed by atoms with E-state index in [4.69, 9.17) is 9.78 Å². The summed E-state index contributed by atoms with van der Waals surface area (Å²) in [6.07, 6.45) is 0. The third-order valence-electron chi connectivity index (χ3n) is 2.04. The van der Waals surface area contributed by atoms with E-state index >= 15 is 0 Å². The summed E-state index contributed by atoms with van der Waals surface area (Å²) in [6, 6.07) is 9.13. The Hall–Kier alpha value is -2.19. The molecule has 5 nitrogen and oxygen atoms in total. The Morgan fingerprint density at radius 2 is 2.38 bits per heavy atom. The molecule has 0 amide bonds. The summed E-state index contributed by atoms with van der Waals surface area (Å²) in [5.41, 5.74) is 1.33. The van der Waals surface area contributed by atoms with Gasteiger partial charge in [-0.05, 0) is 25.2 Å². The molecule has 0 fully saturated rings. The van der Waals surface area contributed by atoms with Gasteiger partial charge in [-0.3, -0.25) is 0 Å². The van der Waals surface area contributed by atoms with Gasteiger partial charge in [0, 0.05) is 5.56 Å². The van der Waals surface area contributed by atoms with Crippen molar-refractivity contribution in [3.05, 3.63) is 35.7 Å². The monoisotopic (exact) mass is 214 g/mol. The summed E-state index contributed by atoms with van der Waals surface area (Å²) in [7, 11) is 1.81. The first-order valence-corrected chi connectivity index (χ1v) is 4.81. The molecule has 0 saturated carbocycles. The lowest BCUT2D eigenvalue weighted by atomic mass is 10.1. The van der Waals surface area contributed by atoms with Crippen LogP contribution in [-0.4, -0.2) is 17.2 Å². The lowest BCUT2D eigenvalue weighted by Gasteiger charge is -1.93. The summed E-state index contributed by atoms with van der Waals surface area (Å²) >= 11 is 0. The van der Waals surface area contributed by atoms with E-state index in [1.54, 1.807) is 18.2 Å². The van der Waals surface area contributed by atoms with Crippen LogP contribution in [-0.2, 0) is 6.54 Å². The molecule has 0 bridgehead atoms. The Morgan fingerprint density at radius 3 is 3.12 bits per heavy atom. The largest absolute Gasteiger partial charge is 0.334 e. The van der Waals surface area contributed by atoms with Crippen molar-refractivity contribution in [2.45, 2.75) is 6.54 Å². The summed E-state index contributed by atoms with van der Waals surface area (Å²) in [4.78, 5) is 4.20. The summed E-state index contributed by atoms with van der Waals surface area (Å²) in [5.74, 6) is 1.03. The fraction of sp³-hybridized carbons (Fsp3) is 0.182. The minimum Gasteiger partial charge on any atom is -0.334 e. The standard InChI is InChI=1S/C11H10N4O/c1-13-7-10-14-11(16-15-10)9-4-2-3-8(5-9)6-12/h2-5,13H,7H2,1H3. The van der Waals surface area contributed by atoms with Crippen molar-refractivity contribution in [2.75, 3.05) is 7.05 Å². The Balaban J connectivity index is 2.32. The first kappa shape index (κ1) is 10.3. The average molecular weight is 214 g/mol. The second-order valence-electron chi connectivity index (χ2n) is 3.24. The molecule has 1 N–H and O–H groups in total. The van der Waals surface area contributed by atoms with Gasteiger partial charge in [0.1, 0.15) is 0 Å². The maximum Gasteiger partial charge on any atom is 0.258 e. The number of benzene rings is 1. The average Bonchev–Trinajstić information content (AvgIpc) is 2.78. The topological polar surface area (TPSA) is 74.7 Å². The van der Waals surface area contributed by atoms with Crippen LogP contribution in [0.3, 0.4) is 0 Å². The van der Waals surface area contributed by atoms with Crippen molar-refractivity contribution in [3.63, 3.8) is 0 Å². The molecule has 0 atom stereocenters. The number of hydrogen-bond acceptors (Lipinski definition) is 5. The van der Waals surface area contributed by atoms with Gasteiger partial charge in [-0.25, -0.2) is 0 Å². The van der Waals surface area contributed by atoms with Crippen LogP contribution >= 0.6 is 0 Å². The third kappa shape index (κ3) is 2.07. The van der Waals surface area contributed by atoms with E-state index in [0.717, 1.165) is 5.56 Å². The molecule has 0 spiro atoms. The zero-order valence-corrected chi connectivity index (χ0v) is 8.77. The molecule has 1 aromatic carbocycles. The van der Waals surface area contributed by atoms with Gasteiger partial charge in [-0.1, -0.05) is 11.2 Å². The van der Waals surface area contributed by atoms with E-state index in [9.17, 15) is 0 Å². The molecular formula is C11H10N4O. The highest BCUT2D eigenvalue weighted by Crippen LogP contribution is 2.17. The van der Waals surface area contributed by atoms with Crippen molar-refractivity contribution >= 4 is 0 Å². The normalized spacial score (nSPS) is 10.0. The predicted molar refractivity (Wildman–Crippen MR) is 57.2 cm³/mol. The van der Waals surface area contributed by atoms with Crippen molar-refractivity contribution in [1.82, 2.24) is 15.5 Å². The van der Waals surface area contributed by atoms with E-state index in [0.29, 0.717) is 23.8 Å². The van der Waals surface area contributed by atoms with Gasteiger partial charge in [-0.15, -0.1) is 0 Å². The number of aromatic nitrogens is 2. The van der Waals surface area contributed by atoms with Gasteiger partial charge in [0.05, 0.1) is 18.2 Å². The van der Waals surface area contributed by atoms with E-state index in [1.807, 2.05) is 13.1 Å². The van der Waals surface area contributed by atoms with Crippen LogP contribution in [0.1, 0.15) is 11.4 Å². The number of nitrogens with zero attached hydrogens (tertiary/aromatic N) is 3. The molecule has 0 radical (unpaired) electrons. The predicted octanol–water partition coefficient (Wildman–Crippen LogP) is 1.33. The second kappa shape index (κ2) is 4.55. The Morgan fingerprint density at radius 1 is 1.50 bits per heavy atom. The number of nitriles is 1. The summed E-state index contributed by atoms with van der Waals surface area (Å²) in [6.45, 7) is 0.557. The van der Waals surface area contributed by atoms with E-state index in [2.05, 4.69) is 21.5 Å². The minimum atomic E-state index is 0.433. The first-order valence-electron chi connectivity index (χ1n) is 4.81. The maximum atomic E-state index is 8.77. The molecule has 0 aliphatic rings. The third-order valence-corrected chi connectivity index (χ3v) is 2.04. The van der Waals surface area contributed by atoms with E-state index in [-0.39, 0.29) is 0 Å². The Bertz CT molecular complexity index is 527. The molecule has 1 aromatic heterocycles. The van der Waals surface area contributed by atoms with Gasteiger partial charge < -0.3 is 9.84 Å².